The van der Waals surface area contributed by atoms with Gasteiger partial charge in [-0.2, -0.15) is 0 Å². The molecule has 3 rings (SSSR count). The summed E-state index contributed by atoms with van der Waals surface area (Å²) in [5, 5.41) is 7.91. The summed E-state index contributed by atoms with van der Waals surface area (Å²) >= 11 is 0. The number of rotatable bonds is 7. The first-order chi connectivity index (χ1) is 13.6. The average Bonchev–Trinajstić information content (AvgIpc) is 2.72. The van der Waals surface area contributed by atoms with Gasteiger partial charge in [0.05, 0.1) is 0 Å². The lowest BCUT2D eigenvalue weighted by atomic mass is 9.98. The highest BCUT2D eigenvalue weighted by Crippen LogP contribution is 2.20. The maximum atomic E-state index is 12.8. The molecule has 2 aromatic carbocycles. The highest BCUT2D eigenvalue weighted by molar-refractivity contribution is 5.90. The van der Waals surface area contributed by atoms with Gasteiger partial charge in [-0.25, -0.2) is 4.98 Å². The fraction of sp³-hybridized carbons (Fsp3) is 0.227. The monoisotopic (exact) mass is 376 g/mol. The molecule has 2 amide bonds. The maximum Gasteiger partial charge on any atom is 0.243 e. The highest BCUT2D eigenvalue weighted by Gasteiger charge is 2.21. The van der Waals surface area contributed by atoms with Gasteiger partial charge >= 0.3 is 0 Å². The zero-order chi connectivity index (χ0) is 19.9. The number of nitrogens with one attached hydrogen (secondary N) is 2. The minimum absolute atomic E-state index is 0.158. The number of pyridine rings is 1. The Morgan fingerprint density at radius 2 is 1.86 bits per heavy atom. The number of nitrogens with two attached hydrogens (primary N) is 1. The summed E-state index contributed by atoms with van der Waals surface area (Å²) in [4.78, 5) is 28.8. The molecule has 6 heteroatoms. The minimum Gasteiger partial charge on any atom is -0.384 e. The second-order valence-electron chi connectivity index (χ2n) is 6.63. The van der Waals surface area contributed by atoms with Gasteiger partial charge in [-0.05, 0) is 28.0 Å². The van der Waals surface area contributed by atoms with Crippen LogP contribution in [0.3, 0.4) is 0 Å². The molecule has 1 heterocycles. The number of nitrogen functional groups attached to an aromatic ring is 1. The van der Waals surface area contributed by atoms with Crippen LogP contribution in [0, 0.1) is 0 Å². The number of hydrogen-bond acceptors (Lipinski definition) is 4. The van der Waals surface area contributed by atoms with E-state index < -0.39 is 6.04 Å². The van der Waals surface area contributed by atoms with Gasteiger partial charge in [-0.3, -0.25) is 9.59 Å². The van der Waals surface area contributed by atoms with Crippen molar-refractivity contribution in [3.63, 3.8) is 0 Å². The van der Waals surface area contributed by atoms with E-state index in [1.807, 2.05) is 48.5 Å². The summed E-state index contributed by atoms with van der Waals surface area (Å²) in [5.74, 6) is 0.0419. The molecule has 144 valence electrons. The van der Waals surface area contributed by atoms with Gasteiger partial charge in [0.15, 0.2) is 0 Å². The Morgan fingerprint density at radius 3 is 2.61 bits per heavy atom. The Bertz CT molecular complexity index is 964. The summed E-state index contributed by atoms with van der Waals surface area (Å²) in [6.45, 7) is 2.09. The molecule has 4 N–H and O–H groups in total. The maximum absolute atomic E-state index is 12.8. The quantitative estimate of drug-likeness (QED) is 0.590. The molecule has 0 unspecified atom stereocenters. The lowest BCUT2D eigenvalue weighted by molar-refractivity contribution is -0.128. The molecule has 0 bridgehead atoms. The lowest BCUT2D eigenvalue weighted by Gasteiger charge is -2.19. The third kappa shape index (κ3) is 4.85. The molecule has 0 fully saturated rings. The molecule has 0 radical (unpaired) electrons. The number of benzene rings is 2. The molecule has 0 aliphatic rings. The largest absolute Gasteiger partial charge is 0.384 e. The van der Waals surface area contributed by atoms with Crippen molar-refractivity contribution in [2.24, 2.45) is 0 Å². The summed E-state index contributed by atoms with van der Waals surface area (Å²) < 4.78 is 0. The van der Waals surface area contributed by atoms with Crippen LogP contribution >= 0.6 is 0 Å². The van der Waals surface area contributed by atoms with Crippen molar-refractivity contribution < 1.29 is 9.59 Å². The van der Waals surface area contributed by atoms with Crippen molar-refractivity contribution in [1.82, 2.24) is 15.6 Å². The SMILES string of the molecule is CCC(=O)N[C@@H](Cc1cccc2ccccc12)C(=O)NCc1ccc(N)nc1. The molecule has 28 heavy (non-hydrogen) atoms. The predicted octanol–water partition coefficient (Wildman–Crippen LogP) is 2.57. The van der Waals surface area contributed by atoms with Gasteiger partial charge in [0, 0.05) is 25.6 Å². The van der Waals surface area contributed by atoms with E-state index in [2.05, 4.69) is 15.6 Å². The van der Waals surface area contributed by atoms with Gasteiger partial charge < -0.3 is 16.4 Å². The normalized spacial score (nSPS) is 11.8. The predicted molar refractivity (Wildman–Crippen MR) is 110 cm³/mol. The molecule has 1 aromatic heterocycles. The molecule has 0 aliphatic carbocycles. The number of aromatic nitrogens is 1. The number of nitrogens with zero attached hydrogens (tertiary/aromatic N) is 1. The smallest absolute Gasteiger partial charge is 0.243 e. The number of fused-ring (bicyclic) bond motifs is 1. The molecule has 1 atom stereocenters. The van der Waals surface area contributed by atoms with Gasteiger partial charge in [0.2, 0.25) is 11.8 Å². The van der Waals surface area contributed by atoms with Crippen LogP contribution in [0.5, 0.6) is 0 Å². The first-order valence-electron chi connectivity index (χ1n) is 9.31. The zero-order valence-electron chi connectivity index (χ0n) is 15.8. The molecule has 6 nitrogen and oxygen atoms in total. The Kier molecular flexibility index (Phi) is 6.22. The molecule has 0 aliphatic heterocycles. The van der Waals surface area contributed by atoms with Crippen molar-refractivity contribution in [2.75, 3.05) is 5.73 Å². The van der Waals surface area contributed by atoms with Crippen molar-refractivity contribution in [2.45, 2.75) is 32.4 Å². The molecular weight excluding hydrogens is 352 g/mol. The van der Waals surface area contributed by atoms with E-state index in [-0.39, 0.29) is 11.8 Å². The first-order valence-corrected chi connectivity index (χ1v) is 9.31. The summed E-state index contributed by atoms with van der Waals surface area (Å²) in [7, 11) is 0. The first kappa shape index (κ1) is 19.4. The van der Waals surface area contributed by atoms with Crippen LogP contribution < -0.4 is 16.4 Å². The number of carbonyl (C=O) groups is 2. The van der Waals surface area contributed by atoms with Crippen molar-refractivity contribution >= 4 is 28.4 Å². The van der Waals surface area contributed by atoms with E-state index >= 15 is 0 Å². The van der Waals surface area contributed by atoms with E-state index in [1.54, 1.807) is 19.2 Å². The van der Waals surface area contributed by atoms with Crippen LogP contribution in [0.2, 0.25) is 0 Å². The van der Waals surface area contributed by atoms with Crippen molar-refractivity contribution in [3.05, 3.63) is 71.9 Å². The van der Waals surface area contributed by atoms with E-state index in [4.69, 9.17) is 5.73 Å². The molecular formula is C22H24N4O2. The molecule has 0 spiro atoms. The van der Waals surface area contributed by atoms with Gasteiger partial charge in [0.25, 0.3) is 0 Å². The summed E-state index contributed by atoms with van der Waals surface area (Å²) in [5.41, 5.74) is 7.44. The Morgan fingerprint density at radius 1 is 1.07 bits per heavy atom. The lowest BCUT2D eigenvalue weighted by Crippen LogP contribution is -2.47. The van der Waals surface area contributed by atoms with E-state index in [9.17, 15) is 9.59 Å². The van der Waals surface area contributed by atoms with Crippen LogP contribution in [0.15, 0.2) is 60.8 Å². The molecule has 0 saturated carbocycles. The fourth-order valence-corrected chi connectivity index (χ4v) is 3.05. The average molecular weight is 376 g/mol. The van der Waals surface area contributed by atoms with Crippen LogP contribution in [0.25, 0.3) is 10.8 Å². The van der Waals surface area contributed by atoms with Crippen LogP contribution in [-0.4, -0.2) is 22.8 Å². The Labute approximate surface area is 164 Å². The Balaban J connectivity index is 1.76. The second kappa shape index (κ2) is 8.99. The van der Waals surface area contributed by atoms with Crippen molar-refractivity contribution in [1.29, 1.82) is 0 Å². The fourth-order valence-electron chi connectivity index (χ4n) is 3.05. The summed E-state index contributed by atoms with van der Waals surface area (Å²) in [6.07, 6.45) is 2.36. The van der Waals surface area contributed by atoms with Gasteiger partial charge in [0.1, 0.15) is 11.9 Å². The third-order valence-corrected chi connectivity index (χ3v) is 4.59. The van der Waals surface area contributed by atoms with Crippen molar-refractivity contribution in [3.8, 4) is 0 Å². The number of hydrogen-bond donors (Lipinski definition) is 3. The standard InChI is InChI=1S/C22H24N4O2/c1-2-21(27)26-19(22(28)25-14-15-10-11-20(23)24-13-15)12-17-8-5-7-16-6-3-4-9-18(16)17/h3-11,13,19H,2,12,14H2,1H3,(H2,23,24)(H,25,28)(H,26,27)/t19-/m0/s1. The Hall–Kier alpha value is -3.41. The number of anilines is 1. The third-order valence-electron chi connectivity index (χ3n) is 4.59. The van der Waals surface area contributed by atoms with Crippen LogP contribution in [0.1, 0.15) is 24.5 Å². The van der Waals surface area contributed by atoms with Crippen LogP contribution in [0.4, 0.5) is 5.82 Å². The second-order valence-corrected chi connectivity index (χ2v) is 6.63. The number of carbonyl (C=O) groups excluding carboxylic acids is 2. The van der Waals surface area contributed by atoms with Crippen LogP contribution in [-0.2, 0) is 22.6 Å². The van der Waals surface area contributed by atoms with E-state index in [0.717, 1.165) is 21.9 Å². The van der Waals surface area contributed by atoms with E-state index in [1.165, 1.54) is 0 Å². The summed E-state index contributed by atoms with van der Waals surface area (Å²) in [6, 6.07) is 16.9. The van der Waals surface area contributed by atoms with E-state index in [0.29, 0.717) is 25.2 Å². The minimum atomic E-state index is -0.653. The topological polar surface area (TPSA) is 97.1 Å². The molecule has 3 aromatic rings. The zero-order valence-corrected chi connectivity index (χ0v) is 15.8. The highest BCUT2D eigenvalue weighted by atomic mass is 16.2. The van der Waals surface area contributed by atoms with Gasteiger partial charge in [-0.15, -0.1) is 0 Å². The van der Waals surface area contributed by atoms with Gasteiger partial charge in [-0.1, -0.05) is 55.5 Å². The number of amides is 2. The molecule has 0 saturated heterocycles.